The maximum atomic E-state index is 10.7. The summed E-state index contributed by atoms with van der Waals surface area (Å²) in [6, 6.07) is 0.287. The number of likely N-dealkylation sites (N-methyl/N-ethyl adjacent to an activating group) is 1. The number of carbonyl (C=O) groups excluding carboxylic acids is 1. The molecule has 0 aromatic carbocycles. The van der Waals surface area contributed by atoms with Crippen LogP contribution in [-0.2, 0) is 4.79 Å². The molecule has 3 N–H and O–H groups in total. The topological polar surface area (TPSA) is 53.2 Å². The van der Waals surface area contributed by atoms with Gasteiger partial charge in [0, 0.05) is 13.1 Å². The number of nitrogens with one attached hydrogen (secondary N) is 3. The Morgan fingerprint density at radius 1 is 1.50 bits per heavy atom. The standard InChI is InChI=1S/C7H15N3OS/c1-5(2)10-7(12)9-4-6(11)8-3/h5H,4H2,1-3H3,(H,8,11)(H2,9,10,12). The molecule has 0 rings (SSSR count). The second kappa shape index (κ2) is 5.77. The summed E-state index contributed by atoms with van der Waals surface area (Å²) in [5.41, 5.74) is 0. The highest BCUT2D eigenvalue weighted by atomic mass is 32.1. The summed E-state index contributed by atoms with van der Waals surface area (Å²) in [7, 11) is 1.59. The van der Waals surface area contributed by atoms with E-state index in [0.29, 0.717) is 5.11 Å². The zero-order valence-electron chi connectivity index (χ0n) is 7.60. The SMILES string of the molecule is CNC(=O)CNC(=S)NC(C)C. The number of rotatable bonds is 3. The van der Waals surface area contributed by atoms with Gasteiger partial charge in [-0.25, -0.2) is 0 Å². The van der Waals surface area contributed by atoms with Crippen LogP contribution >= 0.6 is 12.2 Å². The van der Waals surface area contributed by atoms with Crippen molar-refractivity contribution in [1.29, 1.82) is 0 Å². The van der Waals surface area contributed by atoms with Crippen molar-refractivity contribution in [3.05, 3.63) is 0 Å². The minimum atomic E-state index is -0.0806. The molecule has 0 radical (unpaired) electrons. The van der Waals surface area contributed by atoms with Crippen molar-refractivity contribution in [2.24, 2.45) is 0 Å². The molecule has 0 fully saturated rings. The lowest BCUT2D eigenvalue weighted by Crippen LogP contribution is -2.43. The van der Waals surface area contributed by atoms with Crippen molar-refractivity contribution in [3.63, 3.8) is 0 Å². The number of carbonyl (C=O) groups is 1. The fourth-order valence-electron chi connectivity index (χ4n) is 0.562. The highest BCUT2D eigenvalue weighted by molar-refractivity contribution is 7.80. The third-order valence-corrected chi connectivity index (χ3v) is 1.37. The molecule has 0 aromatic heterocycles. The van der Waals surface area contributed by atoms with Crippen LogP contribution in [0, 0.1) is 0 Å². The second-order valence-electron chi connectivity index (χ2n) is 2.65. The van der Waals surface area contributed by atoms with Gasteiger partial charge in [-0.1, -0.05) is 0 Å². The molecule has 0 bridgehead atoms. The van der Waals surface area contributed by atoms with Crippen LogP contribution in [0.5, 0.6) is 0 Å². The Morgan fingerprint density at radius 3 is 2.50 bits per heavy atom. The van der Waals surface area contributed by atoms with E-state index in [2.05, 4.69) is 16.0 Å². The lowest BCUT2D eigenvalue weighted by molar-refractivity contribution is -0.119. The summed E-state index contributed by atoms with van der Waals surface area (Å²) in [5, 5.41) is 8.73. The van der Waals surface area contributed by atoms with Gasteiger partial charge < -0.3 is 16.0 Å². The van der Waals surface area contributed by atoms with Gasteiger partial charge in [0.05, 0.1) is 6.54 Å². The van der Waals surface area contributed by atoms with Crippen LogP contribution < -0.4 is 16.0 Å². The molecule has 4 nitrogen and oxygen atoms in total. The predicted molar refractivity (Wildman–Crippen MR) is 52.9 cm³/mol. The van der Waals surface area contributed by atoms with Gasteiger partial charge in [-0.15, -0.1) is 0 Å². The van der Waals surface area contributed by atoms with Gasteiger partial charge in [0.15, 0.2) is 5.11 Å². The average Bonchev–Trinajstić information content (AvgIpc) is 1.99. The summed E-state index contributed by atoms with van der Waals surface area (Å²) in [4.78, 5) is 10.7. The van der Waals surface area contributed by atoms with Crippen LogP contribution in [0.2, 0.25) is 0 Å². The Labute approximate surface area is 78.1 Å². The van der Waals surface area contributed by atoms with E-state index in [4.69, 9.17) is 12.2 Å². The van der Waals surface area contributed by atoms with Gasteiger partial charge in [-0.2, -0.15) is 0 Å². The molecule has 0 saturated heterocycles. The largest absolute Gasteiger partial charge is 0.361 e. The third kappa shape index (κ3) is 5.91. The molecule has 12 heavy (non-hydrogen) atoms. The van der Waals surface area contributed by atoms with E-state index in [9.17, 15) is 4.79 Å². The summed E-state index contributed by atoms with van der Waals surface area (Å²) < 4.78 is 0. The maximum absolute atomic E-state index is 10.7. The molecule has 0 unspecified atom stereocenters. The second-order valence-corrected chi connectivity index (χ2v) is 3.06. The molecule has 0 aliphatic heterocycles. The van der Waals surface area contributed by atoms with E-state index in [-0.39, 0.29) is 18.5 Å². The van der Waals surface area contributed by atoms with Crippen LogP contribution in [0.4, 0.5) is 0 Å². The molecule has 1 amide bonds. The molecule has 70 valence electrons. The number of hydrogen-bond donors (Lipinski definition) is 3. The average molecular weight is 189 g/mol. The predicted octanol–water partition coefficient (Wildman–Crippen LogP) is -0.395. The van der Waals surface area contributed by atoms with E-state index in [1.54, 1.807) is 7.05 Å². The Morgan fingerprint density at radius 2 is 2.08 bits per heavy atom. The zero-order valence-corrected chi connectivity index (χ0v) is 8.42. The molecule has 0 heterocycles. The quantitative estimate of drug-likeness (QED) is 0.529. The van der Waals surface area contributed by atoms with E-state index in [1.807, 2.05) is 13.8 Å². The molecule has 0 aliphatic carbocycles. The Kier molecular flexibility index (Phi) is 5.36. The summed E-state index contributed by atoms with van der Waals surface area (Å²) in [6.45, 7) is 4.18. The van der Waals surface area contributed by atoms with Crippen molar-refractivity contribution >= 4 is 23.2 Å². The van der Waals surface area contributed by atoms with Crippen molar-refractivity contribution in [2.45, 2.75) is 19.9 Å². The number of thiocarbonyl (C=S) groups is 1. The monoisotopic (exact) mass is 189 g/mol. The van der Waals surface area contributed by atoms with E-state index < -0.39 is 0 Å². The summed E-state index contributed by atoms with van der Waals surface area (Å²) >= 11 is 4.89. The van der Waals surface area contributed by atoms with Crippen molar-refractivity contribution in [2.75, 3.05) is 13.6 Å². The van der Waals surface area contributed by atoms with Crippen molar-refractivity contribution in [3.8, 4) is 0 Å². The zero-order chi connectivity index (χ0) is 9.56. The first-order valence-corrected chi connectivity index (χ1v) is 4.22. The molecule has 0 aromatic rings. The summed E-state index contributed by atoms with van der Waals surface area (Å²) in [5.74, 6) is -0.0806. The molecule has 0 spiro atoms. The van der Waals surface area contributed by atoms with E-state index >= 15 is 0 Å². The first-order valence-electron chi connectivity index (χ1n) is 3.81. The first-order chi connectivity index (χ1) is 5.56. The van der Waals surface area contributed by atoms with E-state index in [1.165, 1.54) is 0 Å². The summed E-state index contributed by atoms with van der Waals surface area (Å²) in [6.07, 6.45) is 0. The van der Waals surface area contributed by atoms with Crippen LogP contribution in [0.3, 0.4) is 0 Å². The molecular formula is C7H15N3OS. The Balaban J connectivity index is 3.51. The lowest BCUT2D eigenvalue weighted by atomic mass is 10.4. The minimum Gasteiger partial charge on any atom is -0.361 e. The molecule has 0 aliphatic rings. The lowest BCUT2D eigenvalue weighted by Gasteiger charge is -2.11. The fraction of sp³-hybridized carbons (Fsp3) is 0.714. The van der Waals surface area contributed by atoms with Crippen molar-refractivity contribution in [1.82, 2.24) is 16.0 Å². The van der Waals surface area contributed by atoms with Gasteiger partial charge in [-0.3, -0.25) is 4.79 Å². The van der Waals surface area contributed by atoms with Crippen LogP contribution in [-0.4, -0.2) is 30.7 Å². The smallest absolute Gasteiger partial charge is 0.239 e. The Bertz CT molecular complexity index is 170. The van der Waals surface area contributed by atoms with Gasteiger partial charge in [0.25, 0.3) is 0 Å². The molecule has 0 saturated carbocycles. The highest BCUT2D eigenvalue weighted by Crippen LogP contribution is 1.76. The number of hydrogen-bond acceptors (Lipinski definition) is 2. The molecule has 5 heteroatoms. The maximum Gasteiger partial charge on any atom is 0.239 e. The normalized spacial score (nSPS) is 9.33. The first kappa shape index (κ1) is 11.2. The van der Waals surface area contributed by atoms with Crippen LogP contribution in [0.1, 0.15) is 13.8 Å². The van der Waals surface area contributed by atoms with Crippen LogP contribution in [0.25, 0.3) is 0 Å². The van der Waals surface area contributed by atoms with Gasteiger partial charge in [0.1, 0.15) is 0 Å². The Hall–Kier alpha value is -0.840. The highest BCUT2D eigenvalue weighted by Gasteiger charge is 2.00. The number of amides is 1. The van der Waals surface area contributed by atoms with E-state index in [0.717, 1.165) is 0 Å². The molecule has 0 atom stereocenters. The molecular weight excluding hydrogens is 174 g/mol. The van der Waals surface area contributed by atoms with Crippen LogP contribution in [0.15, 0.2) is 0 Å². The van der Waals surface area contributed by atoms with Gasteiger partial charge in [-0.05, 0) is 26.1 Å². The fourth-order valence-corrected chi connectivity index (χ4v) is 0.870. The third-order valence-electron chi connectivity index (χ3n) is 1.11. The van der Waals surface area contributed by atoms with Gasteiger partial charge >= 0.3 is 0 Å². The van der Waals surface area contributed by atoms with Crippen molar-refractivity contribution < 1.29 is 4.79 Å². The minimum absolute atomic E-state index is 0.0806. The van der Waals surface area contributed by atoms with Gasteiger partial charge in [0.2, 0.25) is 5.91 Å².